The molecule has 0 aliphatic heterocycles. The van der Waals surface area contributed by atoms with Gasteiger partial charge in [0.05, 0.1) is 22.8 Å². The second-order valence-corrected chi connectivity index (χ2v) is 5.10. The Morgan fingerprint density at radius 2 is 1.88 bits per heavy atom. The number of aliphatic hydroxyl groups is 1. The third kappa shape index (κ3) is 2.65. The van der Waals surface area contributed by atoms with Gasteiger partial charge in [0, 0.05) is 0 Å². The first-order valence-corrected chi connectivity index (χ1v) is 6.17. The summed E-state index contributed by atoms with van der Waals surface area (Å²) in [5.74, 6) is 0. The van der Waals surface area contributed by atoms with Crippen LogP contribution in [0.3, 0.4) is 0 Å². The van der Waals surface area contributed by atoms with Crippen molar-refractivity contribution in [1.82, 2.24) is 9.78 Å². The topological polar surface area (TPSA) is 38.0 Å². The molecule has 0 bridgehead atoms. The molecule has 3 nitrogen and oxygen atoms in total. The minimum absolute atomic E-state index is 0.0314. The standard InChI is InChI=1S/C10H12BrF3N2O/c11-8-5-15-16(9(8)10(12,13)14)6-1-3-7(17)4-2-6/h5-7,17H,1-4H2. The maximum absolute atomic E-state index is 12.8. The van der Waals surface area contributed by atoms with E-state index in [1.54, 1.807) is 0 Å². The predicted molar refractivity (Wildman–Crippen MR) is 58.4 cm³/mol. The number of hydrogen-bond donors (Lipinski definition) is 1. The van der Waals surface area contributed by atoms with E-state index in [9.17, 15) is 18.3 Å². The van der Waals surface area contributed by atoms with Crippen molar-refractivity contribution in [2.24, 2.45) is 0 Å². The van der Waals surface area contributed by atoms with Gasteiger partial charge in [-0.1, -0.05) is 0 Å². The van der Waals surface area contributed by atoms with E-state index in [0.29, 0.717) is 25.7 Å². The first-order chi connectivity index (χ1) is 7.89. The molecule has 1 aliphatic rings. The summed E-state index contributed by atoms with van der Waals surface area (Å²) in [6.45, 7) is 0. The van der Waals surface area contributed by atoms with Gasteiger partial charge < -0.3 is 5.11 Å². The molecule has 96 valence electrons. The maximum Gasteiger partial charge on any atom is 0.434 e. The van der Waals surface area contributed by atoms with Crippen molar-refractivity contribution in [3.63, 3.8) is 0 Å². The van der Waals surface area contributed by atoms with Gasteiger partial charge >= 0.3 is 6.18 Å². The van der Waals surface area contributed by atoms with E-state index < -0.39 is 11.9 Å². The van der Waals surface area contributed by atoms with Crippen LogP contribution in [0.2, 0.25) is 0 Å². The Hall–Kier alpha value is -0.560. The van der Waals surface area contributed by atoms with E-state index in [4.69, 9.17) is 0 Å². The highest BCUT2D eigenvalue weighted by Gasteiger charge is 2.39. The lowest BCUT2D eigenvalue weighted by molar-refractivity contribution is -0.146. The van der Waals surface area contributed by atoms with E-state index in [1.165, 1.54) is 6.20 Å². The van der Waals surface area contributed by atoms with Crippen LogP contribution >= 0.6 is 15.9 Å². The zero-order chi connectivity index (χ0) is 12.6. The number of alkyl halides is 3. The average Bonchev–Trinajstić information content (AvgIpc) is 2.61. The molecule has 0 atom stereocenters. The Morgan fingerprint density at radius 3 is 2.41 bits per heavy atom. The van der Waals surface area contributed by atoms with Crippen LogP contribution in [0.5, 0.6) is 0 Å². The summed E-state index contributed by atoms with van der Waals surface area (Å²) in [5.41, 5.74) is -0.737. The van der Waals surface area contributed by atoms with Gasteiger partial charge in [0.15, 0.2) is 5.69 Å². The molecule has 1 aromatic rings. The van der Waals surface area contributed by atoms with Crippen molar-refractivity contribution in [2.45, 2.75) is 44.0 Å². The highest BCUT2D eigenvalue weighted by molar-refractivity contribution is 9.10. The molecule has 1 N–H and O–H groups in total. The van der Waals surface area contributed by atoms with Crippen molar-refractivity contribution in [3.8, 4) is 0 Å². The number of nitrogens with zero attached hydrogens (tertiary/aromatic N) is 2. The molecular weight excluding hydrogens is 301 g/mol. The molecule has 1 heterocycles. The maximum atomic E-state index is 12.8. The fraction of sp³-hybridized carbons (Fsp3) is 0.700. The van der Waals surface area contributed by atoms with Gasteiger partial charge in [-0.25, -0.2) is 0 Å². The van der Waals surface area contributed by atoms with Crippen molar-refractivity contribution >= 4 is 15.9 Å². The molecule has 0 spiro atoms. The fourth-order valence-electron chi connectivity index (χ4n) is 2.19. The lowest BCUT2D eigenvalue weighted by Gasteiger charge is -2.27. The molecule has 0 saturated heterocycles. The number of rotatable bonds is 1. The summed E-state index contributed by atoms with van der Waals surface area (Å²) in [6, 6.07) is -0.277. The Morgan fingerprint density at radius 1 is 1.29 bits per heavy atom. The largest absolute Gasteiger partial charge is 0.434 e. The molecule has 1 fully saturated rings. The van der Waals surface area contributed by atoms with E-state index in [2.05, 4.69) is 21.0 Å². The molecule has 1 aromatic heterocycles. The zero-order valence-electron chi connectivity index (χ0n) is 8.91. The molecule has 2 rings (SSSR count). The minimum atomic E-state index is -4.41. The summed E-state index contributed by atoms with van der Waals surface area (Å²) in [6.07, 6.45) is -1.52. The Labute approximate surface area is 105 Å². The number of aliphatic hydroxyl groups excluding tert-OH is 1. The third-order valence-corrected chi connectivity index (χ3v) is 3.61. The summed E-state index contributed by atoms with van der Waals surface area (Å²) in [5, 5.41) is 13.1. The van der Waals surface area contributed by atoms with Crippen LogP contribution < -0.4 is 0 Å². The number of halogens is 4. The van der Waals surface area contributed by atoms with Crippen molar-refractivity contribution in [3.05, 3.63) is 16.4 Å². The first-order valence-electron chi connectivity index (χ1n) is 5.38. The van der Waals surface area contributed by atoms with Gasteiger partial charge in [0.25, 0.3) is 0 Å². The van der Waals surface area contributed by atoms with Crippen LogP contribution in [0.15, 0.2) is 10.7 Å². The third-order valence-electron chi connectivity index (χ3n) is 3.03. The number of hydrogen-bond acceptors (Lipinski definition) is 2. The summed E-state index contributed by atoms with van der Waals surface area (Å²) >= 11 is 2.88. The fourth-order valence-corrected chi connectivity index (χ4v) is 2.68. The first kappa shape index (κ1) is 12.9. The predicted octanol–water partition coefficient (Wildman–Crippen LogP) is 3.14. The summed E-state index contributed by atoms with van der Waals surface area (Å²) in [7, 11) is 0. The monoisotopic (exact) mass is 312 g/mol. The van der Waals surface area contributed by atoms with E-state index in [0.717, 1.165) is 4.68 Å². The molecule has 0 radical (unpaired) electrons. The molecule has 1 aliphatic carbocycles. The number of aromatic nitrogens is 2. The van der Waals surface area contributed by atoms with Crippen molar-refractivity contribution in [1.29, 1.82) is 0 Å². The summed E-state index contributed by atoms with van der Waals surface area (Å²) < 4.78 is 39.5. The molecule has 7 heteroatoms. The van der Waals surface area contributed by atoms with Crippen molar-refractivity contribution in [2.75, 3.05) is 0 Å². The van der Waals surface area contributed by atoms with Crippen LogP contribution in [0.4, 0.5) is 13.2 Å². The average molecular weight is 313 g/mol. The molecular formula is C10H12BrF3N2O. The van der Waals surface area contributed by atoms with Crippen LogP contribution in [0.1, 0.15) is 37.4 Å². The second kappa shape index (κ2) is 4.61. The SMILES string of the molecule is OC1CCC(n2ncc(Br)c2C(F)(F)F)CC1. The quantitative estimate of drug-likeness (QED) is 0.865. The van der Waals surface area contributed by atoms with Crippen LogP contribution in [0.25, 0.3) is 0 Å². The molecule has 0 amide bonds. The van der Waals surface area contributed by atoms with Gasteiger partial charge in [0.1, 0.15) is 0 Å². The lowest BCUT2D eigenvalue weighted by Crippen LogP contribution is -2.25. The van der Waals surface area contributed by atoms with Crippen LogP contribution in [-0.2, 0) is 6.18 Å². The summed E-state index contributed by atoms with van der Waals surface area (Å²) in [4.78, 5) is 0. The molecule has 0 unspecified atom stereocenters. The van der Waals surface area contributed by atoms with Gasteiger partial charge in [0.2, 0.25) is 0 Å². The highest BCUT2D eigenvalue weighted by Crippen LogP contribution is 2.39. The minimum Gasteiger partial charge on any atom is -0.393 e. The second-order valence-electron chi connectivity index (χ2n) is 4.25. The Bertz CT molecular complexity index is 397. The zero-order valence-corrected chi connectivity index (χ0v) is 10.5. The van der Waals surface area contributed by atoms with Gasteiger partial charge in [-0.2, -0.15) is 18.3 Å². The normalized spacial score (nSPS) is 26.2. The Balaban J connectivity index is 2.27. The van der Waals surface area contributed by atoms with Crippen LogP contribution in [0, 0.1) is 0 Å². The molecule has 1 saturated carbocycles. The van der Waals surface area contributed by atoms with E-state index in [-0.39, 0.29) is 16.6 Å². The van der Waals surface area contributed by atoms with Gasteiger partial charge in [-0.05, 0) is 41.6 Å². The Kier molecular flexibility index (Phi) is 3.49. The molecule has 17 heavy (non-hydrogen) atoms. The van der Waals surface area contributed by atoms with Crippen LogP contribution in [-0.4, -0.2) is 21.0 Å². The lowest BCUT2D eigenvalue weighted by atomic mass is 9.93. The highest BCUT2D eigenvalue weighted by atomic mass is 79.9. The molecule has 0 aromatic carbocycles. The van der Waals surface area contributed by atoms with Gasteiger partial charge in [-0.3, -0.25) is 4.68 Å². The smallest absolute Gasteiger partial charge is 0.393 e. The van der Waals surface area contributed by atoms with E-state index in [1.807, 2.05) is 0 Å². The van der Waals surface area contributed by atoms with Gasteiger partial charge in [-0.15, -0.1) is 0 Å². The van der Waals surface area contributed by atoms with Crippen molar-refractivity contribution < 1.29 is 18.3 Å². The van der Waals surface area contributed by atoms with E-state index >= 15 is 0 Å².